The minimum atomic E-state index is -0.321. The van der Waals surface area contributed by atoms with Crippen LogP contribution >= 0.6 is 0 Å². The molecule has 0 unspecified atom stereocenters. The standard InChI is InChI=1S/C21H25NO4/c1-16(2)15-22(14-13-20(23)25-3)21(24)17-9-11-19(12-10-17)26-18-7-5-4-6-8-18/h4-12,16H,13-15H2,1-3H3. The molecule has 5 nitrogen and oxygen atoms in total. The molecule has 2 aromatic rings. The van der Waals surface area contributed by atoms with E-state index in [1.54, 1.807) is 29.2 Å². The summed E-state index contributed by atoms with van der Waals surface area (Å²) in [5.74, 6) is 1.29. The quantitative estimate of drug-likeness (QED) is 0.668. The average molecular weight is 355 g/mol. The van der Waals surface area contributed by atoms with Gasteiger partial charge in [0, 0.05) is 18.7 Å². The summed E-state index contributed by atoms with van der Waals surface area (Å²) in [6.07, 6.45) is 0.185. The van der Waals surface area contributed by atoms with Gasteiger partial charge in [-0.15, -0.1) is 0 Å². The average Bonchev–Trinajstić information content (AvgIpc) is 2.65. The van der Waals surface area contributed by atoms with Crippen molar-refractivity contribution in [2.24, 2.45) is 5.92 Å². The van der Waals surface area contributed by atoms with Crippen LogP contribution in [-0.4, -0.2) is 37.0 Å². The van der Waals surface area contributed by atoms with E-state index in [-0.39, 0.29) is 18.3 Å². The first-order valence-corrected chi connectivity index (χ1v) is 8.68. The molecular formula is C21H25NO4. The molecule has 1 amide bonds. The van der Waals surface area contributed by atoms with E-state index < -0.39 is 0 Å². The Bertz CT molecular complexity index is 711. The monoisotopic (exact) mass is 355 g/mol. The molecule has 26 heavy (non-hydrogen) atoms. The lowest BCUT2D eigenvalue weighted by Crippen LogP contribution is -2.36. The van der Waals surface area contributed by atoms with Crippen molar-refractivity contribution in [3.05, 3.63) is 60.2 Å². The zero-order valence-corrected chi connectivity index (χ0v) is 15.5. The van der Waals surface area contributed by atoms with Gasteiger partial charge < -0.3 is 14.4 Å². The van der Waals surface area contributed by atoms with Crippen LogP contribution in [0.3, 0.4) is 0 Å². The van der Waals surface area contributed by atoms with Crippen molar-refractivity contribution in [2.75, 3.05) is 20.2 Å². The summed E-state index contributed by atoms with van der Waals surface area (Å²) in [6, 6.07) is 16.5. The zero-order chi connectivity index (χ0) is 18.9. The van der Waals surface area contributed by atoms with E-state index in [2.05, 4.69) is 4.74 Å². The maximum Gasteiger partial charge on any atom is 0.307 e. The molecule has 0 atom stereocenters. The SMILES string of the molecule is COC(=O)CCN(CC(C)C)C(=O)c1ccc(Oc2ccccc2)cc1. The molecule has 0 radical (unpaired) electrons. The molecule has 0 aromatic heterocycles. The lowest BCUT2D eigenvalue weighted by atomic mass is 10.1. The lowest BCUT2D eigenvalue weighted by Gasteiger charge is -2.24. The molecule has 0 aliphatic carbocycles. The van der Waals surface area contributed by atoms with Crippen LogP contribution in [-0.2, 0) is 9.53 Å². The number of rotatable bonds is 8. The van der Waals surface area contributed by atoms with Crippen LogP contribution in [0.15, 0.2) is 54.6 Å². The van der Waals surface area contributed by atoms with Crippen molar-refractivity contribution in [1.82, 2.24) is 4.90 Å². The molecule has 0 saturated heterocycles. The molecule has 0 aliphatic rings. The summed E-state index contributed by atoms with van der Waals surface area (Å²) in [5, 5.41) is 0. The van der Waals surface area contributed by atoms with Crippen LogP contribution in [0.1, 0.15) is 30.6 Å². The van der Waals surface area contributed by atoms with Crippen molar-refractivity contribution < 1.29 is 19.1 Å². The second-order valence-corrected chi connectivity index (χ2v) is 6.41. The molecule has 0 fully saturated rings. The molecule has 0 N–H and O–H groups in total. The van der Waals surface area contributed by atoms with E-state index in [4.69, 9.17) is 4.74 Å². The Hall–Kier alpha value is -2.82. The first kappa shape index (κ1) is 19.5. The Balaban J connectivity index is 2.06. The number of hydrogen-bond donors (Lipinski definition) is 0. The van der Waals surface area contributed by atoms with Crippen LogP contribution in [0, 0.1) is 5.92 Å². The number of para-hydroxylation sites is 1. The van der Waals surface area contributed by atoms with Crippen molar-refractivity contribution in [3.8, 4) is 11.5 Å². The van der Waals surface area contributed by atoms with Crippen LogP contribution in [0.4, 0.5) is 0 Å². The summed E-state index contributed by atoms with van der Waals surface area (Å²) in [5.41, 5.74) is 0.566. The van der Waals surface area contributed by atoms with Gasteiger partial charge >= 0.3 is 5.97 Å². The summed E-state index contributed by atoms with van der Waals surface area (Å²) in [7, 11) is 1.35. The van der Waals surface area contributed by atoms with Gasteiger partial charge in [-0.05, 0) is 42.3 Å². The maximum absolute atomic E-state index is 12.8. The number of benzene rings is 2. The highest BCUT2D eigenvalue weighted by molar-refractivity contribution is 5.94. The Kier molecular flexibility index (Phi) is 7.21. The van der Waals surface area contributed by atoms with E-state index in [1.165, 1.54) is 7.11 Å². The van der Waals surface area contributed by atoms with Crippen molar-refractivity contribution in [2.45, 2.75) is 20.3 Å². The predicted octanol–water partition coefficient (Wildman–Crippen LogP) is 4.14. The van der Waals surface area contributed by atoms with E-state index in [0.717, 1.165) is 5.75 Å². The topological polar surface area (TPSA) is 55.8 Å². The minimum Gasteiger partial charge on any atom is -0.469 e. The van der Waals surface area contributed by atoms with Gasteiger partial charge in [-0.2, -0.15) is 0 Å². The number of carbonyl (C=O) groups excluding carboxylic acids is 2. The highest BCUT2D eigenvalue weighted by Crippen LogP contribution is 2.21. The number of ether oxygens (including phenoxy) is 2. The first-order valence-electron chi connectivity index (χ1n) is 8.68. The number of amides is 1. The van der Waals surface area contributed by atoms with E-state index >= 15 is 0 Å². The number of hydrogen-bond acceptors (Lipinski definition) is 4. The van der Waals surface area contributed by atoms with Gasteiger partial charge in [0.05, 0.1) is 13.5 Å². The third kappa shape index (κ3) is 5.92. The number of methoxy groups -OCH3 is 1. The van der Waals surface area contributed by atoms with Crippen LogP contribution < -0.4 is 4.74 Å². The van der Waals surface area contributed by atoms with Gasteiger partial charge in [0.15, 0.2) is 0 Å². The Morgan fingerprint density at radius 2 is 1.58 bits per heavy atom. The van der Waals surface area contributed by atoms with Gasteiger partial charge in [-0.3, -0.25) is 9.59 Å². The molecule has 0 heterocycles. The third-order valence-corrected chi connectivity index (χ3v) is 3.77. The fourth-order valence-electron chi connectivity index (χ4n) is 2.52. The molecule has 0 spiro atoms. The lowest BCUT2D eigenvalue weighted by molar-refractivity contribution is -0.140. The van der Waals surface area contributed by atoms with Gasteiger partial charge in [0.1, 0.15) is 11.5 Å². The molecule has 0 bridgehead atoms. The fraction of sp³-hybridized carbons (Fsp3) is 0.333. The number of carbonyl (C=O) groups is 2. The minimum absolute atomic E-state index is 0.103. The fourth-order valence-corrected chi connectivity index (χ4v) is 2.52. The molecule has 5 heteroatoms. The largest absolute Gasteiger partial charge is 0.469 e. The molecular weight excluding hydrogens is 330 g/mol. The van der Waals surface area contributed by atoms with Crippen LogP contribution in [0.25, 0.3) is 0 Å². The Morgan fingerprint density at radius 1 is 0.962 bits per heavy atom. The highest BCUT2D eigenvalue weighted by atomic mass is 16.5. The molecule has 0 saturated carbocycles. The molecule has 2 aromatic carbocycles. The van der Waals surface area contributed by atoms with Crippen molar-refractivity contribution >= 4 is 11.9 Å². The van der Waals surface area contributed by atoms with Crippen molar-refractivity contribution in [3.63, 3.8) is 0 Å². The zero-order valence-electron chi connectivity index (χ0n) is 15.5. The highest BCUT2D eigenvalue weighted by Gasteiger charge is 2.18. The van der Waals surface area contributed by atoms with Crippen molar-refractivity contribution in [1.29, 1.82) is 0 Å². The first-order chi connectivity index (χ1) is 12.5. The normalized spacial score (nSPS) is 10.5. The van der Waals surface area contributed by atoms with E-state index in [1.807, 2.05) is 44.2 Å². The summed E-state index contributed by atoms with van der Waals surface area (Å²) in [6.45, 7) is 4.99. The van der Waals surface area contributed by atoms with Crippen LogP contribution in [0.5, 0.6) is 11.5 Å². The predicted molar refractivity (Wildman–Crippen MR) is 100 cm³/mol. The maximum atomic E-state index is 12.8. The second-order valence-electron chi connectivity index (χ2n) is 6.41. The summed E-state index contributed by atoms with van der Waals surface area (Å²) >= 11 is 0. The molecule has 2 rings (SSSR count). The van der Waals surface area contributed by atoms with E-state index in [0.29, 0.717) is 30.3 Å². The Morgan fingerprint density at radius 3 is 2.15 bits per heavy atom. The van der Waals surface area contributed by atoms with Gasteiger partial charge in [0.2, 0.25) is 0 Å². The van der Waals surface area contributed by atoms with Gasteiger partial charge in [-0.25, -0.2) is 0 Å². The van der Waals surface area contributed by atoms with E-state index in [9.17, 15) is 9.59 Å². The Labute approximate surface area is 154 Å². The molecule has 138 valence electrons. The van der Waals surface area contributed by atoms with Gasteiger partial charge in [0.25, 0.3) is 5.91 Å². The smallest absolute Gasteiger partial charge is 0.307 e. The third-order valence-electron chi connectivity index (χ3n) is 3.77. The number of nitrogens with zero attached hydrogens (tertiary/aromatic N) is 1. The summed E-state index contributed by atoms with van der Waals surface area (Å²) in [4.78, 5) is 25.9. The summed E-state index contributed by atoms with van der Waals surface area (Å²) < 4.78 is 10.4. The van der Waals surface area contributed by atoms with Gasteiger partial charge in [-0.1, -0.05) is 32.0 Å². The second kappa shape index (κ2) is 9.61. The van der Waals surface area contributed by atoms with Crippen LogP contribution in [0.2, 0.25) is 0 Å². The molecule has 0 aliphatic heterocycles. The number of esters is 1.